The predicted octanol–water partition coefficient (Wildman–Crippen LogP) is 0.00370. The van der Waals surface area contributed by atoms with Crippen LogP contribution in [0.5, 0.6) is 0 Å². The maximum absolute atomic E-state index is 10.9. The number of oxazole rings is 1. The Morgan fingerprint density at radius 3 is 3.24 bits per heavy atom. The first-order valence-electron chi connectivity index (χ1n) is 4.87. The van der Waals surface area contributed by atoms with Crippen molar-refractivity contribution >= 4 is 17.1 Å². The summed E-state index contributed by atoms with van der Waals surface area (Å²) in [6.45, 7) is 1.69. The Morgan fingerprint density at radius 1 is 1.65 bits per heavy atom. The van der Waals surface area contributed by atoms with Crippen molar-refractivity contribution < 1.29 is 9.21 Å². The number of hydrogen-bond donors (Lipinski definition) is 2. The van der Waals surface area contributed by atoms with Crippen LogP contribution in [-0.4, -0.2) is 22.4 Å². The molecular weight excluding hydrogens is 222 g/mol. The van der Waals surface area contributed by atoms with E-state index in [4.69, 9.17) is 4.42 Å². The lowest BCUT2D eigenvalue weighted by Gasteiger charge is -1.91. The Bertz CT molecular complexity index is 672. The van der Waals surface area contributed by atoms with Crippen molar-refractivity contribution in [3.63, 3.8) is 0 Å². The second-order valence-electron chi connectivity index (χ2n) is 3.30. The number of pyridine rings is 1. The van der Waals surface area contributed by atoms with Crippen molar-refractivity contribution in [3.8, 4) is 11.8 Å². The minimum atomic E-state index is -0.546. The highest BCUT2D eigenvalue weighted by Crippen LogP contribution is 2.07. The van der Waals surface area contributed by atoms with Crippen LogP contribution in [0.4, 0.5) is 0 Å². The monoisotopic (exact) mass is 231 g/mol. The highest BCUT2D eigenvalue weighted by Gasteiger charge is 2.01. The summed E-state index contributed by atoms with van der Waals surface area (Å²) >= 11 is 0. The summed E-state index contributed by atoms with van der Waals surface area (Å²) in [4.78, 5) is 27.9. The third-order valence-electron chi connectivity index (χ3n) is 1.93. The van der Waals surface area contributed by atoms with E-state index in [2.05, 4.69) is 27.1 Å². The van der Waals surface area contributed by atoms with E-state index in [9.17, 15) is 9.59 Å². The fraction of sp³-hybridized carbons (Fsp3) is 0.182. The number of fused-ring (bicyclic) bond motifs is 1. The van der Waals surface area contributed by atoms with Crippen LogP contribution in [0.1, 0.15) is 12.5 Å². The van der Waals surface area contributed by atoms with Gasteiger partial charge in [0, 0.05) is 24.8 Å². The molecule has 0 saturated heterocycles. The molecule has 0 aliphatic carbocycles. The molecular formula is C11H9N3O3. The number of amides is 1. The largest absolute Gasteiger partial charge is 0.418 e. The Labute approximate surface area is 96.0 Å². The van der Waals surface area contributed by atoms with Crippen LogP contribution in [0.3, 0.4) is 0 Å². The maximum Gasteiger partial charge on any atom is 0.418 e. The van der Waals surface area contributed by atoms with Gasteiger partial charge in [0.2, 0.25) is 5.91 Å². The minimum absolute atomic E-state index is 0.135. The molecule has 6 nitrogen and oxygen atoms in total. The summed E-state index contributed by atoms with van der Waals surface area (Å²) in [6, 6.07) is 1.61. The smallest absolute Gasteiger partial charge is 0.406 e. The number of H-pyrrole nitrogens is 1. The fourth-order valence-corrected chi connectivity index (χ4v) is 1.22. The zero-order valence-electron chi connectivity index (χ0n) is 9.03. The van der Waals surface area contributed by atoms with Crippen LogP contribution in [0.2, 0.25) is 0 Å². The predicted molar refractivity (Wildman–Crippen MR) is 60.2 cm³/mol. The summed E-state index contributed by atoms with van der Waals surface area (Å²) in [5.74, 6) is 4.87. The van der Waals surface area contributed by atoms with Gasteiger partial charge in [-0.15, -0.1) is 0 Å². The molecule has 6 heteroatoms. The van der Waals surface area contributed by atoms with E-state index >= 15 is 0 Å². The van der Waals surface area contributed by atoms with Crippen molar-refractivity contribution in [1.29, 1.82) is 0 Å². The SMILES string of the molecule is CC(=O)NCC#Cc1cnc2[nH]c(=O)oc2c1. The number of aromatic amines is 1. The normalized spacial score (nSPS) is 9.71. The van der Waals surface area contributed by atoms with Gasteiger partial charge in [0.05, 0.1) is 6.54 Å². The lowest BCUT2D eigenvalue weighted by atomic mass is 10.3. The second-order valence-corrected chi connectivity index (χ2v) is 3.30. The third-order valence-corrected chi connectivity index (χ3v) is 1.93. The number of nitrogens with zero attached hydrogens (tertiary/aromatic N) is 1. The van der Waals surface area contributed by atoms with Crippen LogP contribution in [-0.2, 0) is 4.79 Å². The molecule has 0 atom stereocenters. The van der Waals surface area contributed by atoms with E-state index in [1.165, 1.54) is 13.1 Å². The van der Waals surface area contributed by atoms with Gasteiger partial charge in [-0.25, -0.2) is 9.78 Å². The van der Waals surface area contributed by atoms with Crippen LogP contribution in [0.15, 0.2) is 21.5 Å². The second kappa shape index (κ2) is 4.53. The van der Waals surface area contributed by atoms with Gasteiger partial charge in [-0.3, -0.25) is 9.78 Å². The van der Waals surface area contributed by atoms with Gasteiger partial charge in [0.1, 0.15) is 0 Å². The molecule has 17 heavy (non-hydrogen) atoms. The van der Waals surface area contributed by atoms with Gasteiger partial charge in [0.15, 0.2) is 11.2 Å². The summed E-state index contributed by atoms with van der Waals surface area (Å²) in [5.41, 5.74) is 1.37. The molecule has 2 heterocycles. The van der Waals surface area contributed by atoms with E-state index in [1.54, 1.807) is 6.07 Å². The first kappa shape index (κ1) is 11.0. The van der Waals surface area contributed by atoms with Crippen LogP contribution < -0.4 is 11.1 Å². The molecule has 2 N–H and O–H groups in total. The summed E-state index contributed by atoms with van der Waals surface area (Å²) in [7, 11) is 0. The standard InChI is InChI=1S/C11H9N3O3/c1-7(15)12-4-2-3-8-5-9-10(13-6-8)14-11(16)17-9/h5-6H,4H2,1H3,(H,12,15)(H,13,14,16). The zero-order valence-corrected chi connectivity index (χ0v) is 9.03. The molecule has 0 unspecified atom stereocenters. The van der Waals surface area contributed by atoms with Crippen LogP contribution >= 0.6 is 0 Å². The summed E-state index contributed by atoms with van der Waals surface area (Å²) in [5, 5.41) is 2.54. The number of rotatable bonds is 1. The summed E-state index contributed by atoms with van der Waals surface area (Å²) in [6.07, 6.45) is 1.52. The fourth-order valence-electron chi connectivity index (χ4n) is 1.22. The number of nitrogens with one attached hydrogen (secondary N) is 2. The number of hydrogen-bond acceptors (Lipinski definition) is 4. The van der Waals surface area contributed by atoms with Gasteiger partial charge in [0.25, 0.3) is 0 Å². The first-order chi connectivity index (χ1) is 8.15. The Balaban J connectivity index is 2.18. The molecule has 86 valence electrons. The Kier molecular flexibility index (Phi) is 2.92. The summed E-state index contributed by atoms with van der Waals surface area (Å²) < 4.78 is 4.84. The number of carbonyl (C=O) groups excluding carboxylic acids is 1. The first-order valence-corrected chi connectivity index (χ1v) is 4.87. The van der Waals surface area contributed by atoms with E-state index in [0.717, 1.165) is 0 Å². The number of carbonyl (C=O) groups is 1. The molecule has 2 aromatic heterocycles. The highest BCUT2D eigenvalue weighted by molar-refractivity contribution is 5.73. The van der Waals surface area contributed by atoms with E-state index in [0.29, 0.717) is 16.8 Å². The average Bonchev–Trinajstić information content (AvgIpc) is 2.63. The molecule has 0 bridgehead atoms. The molecule has 0 aliphatic heterocycles. The number of aromatic nitrogens is 2. The van der Waals surface area contributed by atoms with Crippen molar-refractivity contribution in [1.82, 2.24) is 15.3 Å². The van der Waals surface area contributed by atoms with Gasteiger partial charge < -0.3 is 9.73 Å². The van der Waals surface area contributed by atoms with E-state index in [1.807, 2.05) is 0 Å². The molecule has 2 rings (SSSR count). The molecule has 0 fully saturated rings. The third kappa shape index (κ3) is 2.72. The van der Waals surface area contributed by atoms with Gasteiger partial charge in [-0.05, 0) is 0 Å². The van der Waals surface area contributed by atoms with E-state index in [-0.39, 0.29) is 12.5 Å². The molecule has 0 saturated carbocycles. The molecule has 2 aromatic rings. The Morgan fingerprint density at radius 2 is 2.47 bits per heavy atom. The zero-order chi connectivity index (χ0) is 12.3. The lowest BCUT2D eigenvalue weighted by molar-refractivity contribution is -0.118. The van der Waals surface area contributed by atoms with Crippen molar-refractivity contribution in [2.75, 3.05) is 6.54 Å². The van der Waals surface area contributed by atoms with Crippen molar-refractivity contribution in [3.05, 3.63) is 28.4 Å². The molecule has 0 aliphatic rings. The minimum Gasteiger partial charge on any atom is -0.406 e. The average molecular weight is 231 g/mol. The van der Waals surface area contributed by atoms with Crippen molar-refractivity contribution in [2.45, 2.75) is 6.92 Å². The molecule has 0 aromatic carbocycles. The topological polar surface area (TPSA) is 88.0 Å². The van der Waals surface area contributed by atoms with Gasteiger partial charge >= 0.3 is 5.76 Å². The Hall–Kier alpha value is -2.55. The quantitative estimate of drug-likeness (QED) is 0.676. The lowest BCUT2D eigenvalue weighted by Crippen LogP contribution is -2.19. The van der Waals surface area contributed by atoms with Crippen LogP contribution in [0, 0.1) is 11.8 Å². The highest BCUT2D eigenvalue weighted by atomic mass is 16.4. The van der Waals surface area contributed by atoms with Crippen molar-refractivity contribution in [2.24, 2.45) is 0 Å². The maximum atomic E-state index is 10.9. The van der Waals surface area contributed by atoms with Crippen LogP contribution in [0.25, 0.3) is 11.2 Å². The van der Waals surface area contributed by atoms with Gasteiger partial charge in [-0.1, -0.05) is 11.8 Å². The molecule has 0 spiro atoms. The molecule has 0 radical (unpaired) electrons. The van der Waals surface area contributed by atoms with Gasteiger partial charge in [-0.2, -0.15) is 0 Å². The molecule has 1 amide bonds. The van der Waals surface area contributed by atoms with E-state index < -0.39 is 5.76 Å².